The number of carbonyl (C=O) groups excluding carboxylic acids is 2. The zero-order valence-electron chi connectivity index (χ0n) is 10.6. The second kappa shape index (κ2) is 5.44. The van der Waals surface area contributed by atoms with Crippen LogP contribution in [0.5, 0.6) is 5.75 Å². The number of benzene rings is 1. The summed E-state index contributed by atoms with van der Waals surface area (Å²) in [6.45, 7) is 1.06. The van der Waals surface area contributed by atoms with Gasteiger partial charge >= 0.3 is 11.8 Å². The summed E-state index contributed by atoms with van der Waals surface area (Å²) in [6, 6.07) is 7.00. The first-order valence-corrected chi connectivity index (χ1v) is 5.85. The quantitative estimate of drug-likeness (QED) is 0.586. The van der Waals surface area contributed by atoms with Gasteiger partial charge in [-0.3, -0.25) is 9.59 Å². The van der Waals surface area contributed by atoms with E-state index in [-0.39, 0.29) is 6.54 Å². The van der Waals surface area contributed by atoms with Gasteiger partial charge in [0, 0.05) is 18.8 Å². The van der Waals surface area contributed by atoms with Crippen LogP contribution < -0.4 is 9.64 Å². The van der Waals surface area contributed by atoms with Gasteiger partial charge in [0.15, 0.2) is 0 Å². The topological polar surface area (TPSA) is 49.9 Å². The molecule has 1 heterocycles. The Bertz CT molecular complexity index is 531. The maximum Gasteiger partial charge on any atom is 0.316 e. The molecule has 98 valence electrons. The fraction of sp³-hybridized carbons (Fsp3) is 0.286. The van der Waals surface area contributed by atoms with Crippen molar-refractivity contribution in [2.45, 2.75) is 0 Å². The third-order valence-electron chi connectivity index (χ3n) is 2.98. The molecule has 0 N–H and O–H groups in total. The molecule has 1 saturated heterocycles. The Balaban J connectivity index is 2.16. The SMILES string of the molecule is C#CCN1CCN(c2ccc(OC)cc2)C(=O)C1=O. The van der Waals surface area contributed by atoms with Gasteiger partial charge in [0.2, 0.25) is 0 Å². The fourth-order valence-electron chi connectivity index (χ4n) is 1.94. The molecule has 0 aromatic heterocycles. The lowest BCUT2D eigenvalue weighted by molar-refractivity contribution is -0.145. The fourth-order valence-corrected chi connectivity index (χ4v) is 1.94. The number of terminal acetylenes is 1. The molecule has 1 aromatic rings. The minimum absolute atomic E-state index is 0.168. The highest BCUT2D eigenvalue weighted by Gasteiger charge is 2.32. The van der Waals surface area contributed by atoms with Crippen LogP contribution in [0, 0.1) is 12.3 Å². The monoisotopic (exact) mass is 258 g/mol. The Morgan fingerprint density at radius 1 is 1.21 bits per heavy atom. The number of anilines is 1. The zero-order valence-corrected chi connectivity index (χ0v) is 10.6. The molecule has 5 heteroatoms. The Morgan fingerprint density at radius 3 is 2.47 bits per heavy atom. The summed E-state index contributed by atoms with van der Waals surface area (Å²) in [6.07, 6.45) is 5.16. The Kier molecular flexibility index (Phi) is 3.71. The number of methoxy groups -OCH3 is 1. The van der Waals surface area contributed by atoms with E-state index in [0.29, 0.717) is 24.5 Å². The number of rotatable bonds is 3. The molecule has 0 atom stereocenters. The predicted octanol–water partition coefficient (Wildman–Crippen LogP) is 0.504. The average Bonchev–Trinajstić information content (AvgIpc) is 2.45. The molecule has 1 fully saturated rings. The molecule has 5 nitrogen and oxygen atoms in total. The van der Waals surface area contributed by atoms with Crippen molar-refractivity contribution in [2.75, 3.05) is 31.6 Å². The smallest absolute Gasteiger partial charge is 0.316 e. The van der Waals surface area contributed by atoms with Gasteiger partial charge in [-0.2, -0.15) is 0 Å². The van der Waals surface area contributed by atoms with Gasteiger partial charge in [0.05, 0.1) is 13.7 Å². The number of carbonyl (C=O) groups is 2. The van der Waals surface area contributed by atoms with Crippen molar-refractivity contribution in [3.05, 3.63) is 24.3 Å². The second-order valence-corrected chi connectivity index (χ2v) is 4.09. The molecule has 1 aromatic carbocycles. The number of ether oxygens (including phenoxy) is 1. The largest absolute Gasteiger partial charge is 0.497 e. The molecule has 19 heavy (non-hydrogen) atoms. The maximum absolute atomic E-state index is 12.0. The van der Waals surface area contributed by atoms with Crippen molar-refractivity contribution in [1.29, 1.82) is 0 Å². The summed E-state index contributed by atoms with van der Waals surface area (Å²) < 4.78 is 5.05. The van der Waals surface area contributed by atoms with Crippen LogP contribution in [0.15, 0.2) is 24.3 Å². The van der Waals surface area contributed by atoms with Gasteiger partial charge in [-0.1, -0.05) is 5.92 Å². The first-order chi connectivity index (χ1) is 9.17. The standard InChI is InChI=1S/C14H14N2O3/c1-3-8-15-9-10-16(14(18)13(15)17)11-4-6-12(19-2)7-5-11/h1,4-7H,8-10H2,2H3. The van der Waals surface area contributed by atoms with Crippen LogP contribution in [0.4, 0.5) is 5.69 Å². The molecular weight excluding hydrogens is 244 g/mol. The first kappa shape index (κ1) is 13.0. The van der Waals surface area contributed by atoms with Crippen molar-refractivity contribution < 1.29 is 14.3 Å². The van der Waals surface area contributed by atoms with Crippen molar-refractivity contribution in [3.63, 3.8) is 0 Å². The van der Waals surface area contributed by atoms with E-state index in [4.69, 9.17) is 11.2 Å². The minimum atomic E-state index is -0.556. The van der Waals surface area contributed by atoms with Gasteiger partial charge in [-0.15, -0.1) is 6.42 Å². The summed E-state index contributed by atoms with van der Waals surface area (Å²) in [4.78, 5) is 26.7. The third kappa shape index (κ3) is 2.52. The van der Waals surface area contributed by atoms with Crippen molar-refractivity contribution in [3.8, 4) is 18.1 Å². The summed E-state index contributed by atoms with van der Waals surface area (Å²) in [5, 5.41) is 0. The van der Waals surface area contributed by atoms with Crippen LogP contribution in [0.1, 0.15) is 0 Å². The van der Waals surface area contributed by atoms with Gasteiger partial charge < -0.3 is 14.5 Å². The summed E-state index contributed by atoms with van der Waals surface area (Å²) in [5.74, 6) is 1.97. The lowest BCUT2D eigenvalue weighted by Crippen LogP contribution is -2.54. The van der Waals surface area contributed by atoms with Gasteiger partial charge in [-0.25, -0.2) is 0 Å². The molecular formula is C14H14N2O3. The third-order valence-corrected chi connectivity index (χ3v) is 2.98. The summed E-state index contributed by atoms with van der Waals surface area (Å²) in [7, 11) is 1.57. The van der Waals surface area contributed by atoms with E-state index in [9.17, 15) is 9.59 Å². The summed E-state index contributed by atoms with van der Waals surface area (Å²) in [5.41, 5.74) is 0.680. The van der Waals surface area contributed by atoms with Crippen LogP contribution in [-0.4, -0.2) is 43.5 Å². The minimum Gasteiger partial charge on any atom is -0.497 e. The van der Waals surface area contributed by atoms with E-state index in [1.54, 1.807) is 31.4 Å². The molecule has 0 spiro atoms. The molecule has 0 saturated carbocycles. The van der Waals surface area contributed by atoms with Crippen LogP contribution in [0.2, 0.25) is 0 Å². The van der Waals surface area contributed by atoms with Crippen LogP contribution >= 0.6 is 0 Å². The van der Waals surface area contributed by atoms with E-state index < -0.39 is 11.8 Å². The highest BCUT2D eigenvalue weighted by atomic mass is 16.5. The van der Waals surface area contributed by atoms with Crippen LogP contribution in [0.3, 0.4) is 0 Å². The molecule has 1 aliphatic heterocycles. The van der Waals surface area contributed by atoms with E-state index >= 15 is 0 Å². The second-order valence-electron chi connectivity index (χ2n) is 4.09. The number of hydrogen-bond donors (Lipinski definition) is 0. The first-order valence-electron chi connectivity index (χ1n) is 5.85. The van der Waals surface area contributed by atoms with Crippen molar-refractivity contribution in [2.24, 2.45) is 0 Å². The Labute approximate surface area is 111 Å². The number of piperazine rings is 1. The summed E-state index contributed by atoms with van der Waals surface area (Å²) >= 11 is 0. The molecule has 0 radical (unpaired) electrons. The molecule has 0 bridgehead atoms. The van der Waals surface area contributed by atoms with Crippen LogP contribution in [-0.2, 0) is 9.59 Å². The van der Waals surface area contributed by atoms with Crippen molar-refractivity contribution in [1.82, 2.24) is 4.90 Å². The zero-order chi connectivity index (χ0) is 13.8. The van der Waals surface area contributed by atoms with Crippen LogP contribution in [0.25, 0.3) is 0 Å². The van der Waals surface area contributed by atoms with E-state index in [1.165, 1.54) is 9.80 Å². The molecule has 2 rings (SSSR count). The van der Waals surface area contributed by atoms with Gasteiger partial charge in [-0.05, 0) is 24.3 Å². The van der Waals surface area contributed by atoms with Gasteiger partial charge in [0.25, 0.3) is 0 Å². The molecule has 1 aliphatic rings. The van der Waals surface area contributed by atoms with E-state index in [1.807, 2.05) is 0 Å². The highest BCUT2D eigenvalue weighted by Crippen LogP contribution is 2.21. The Hall–Kier alpha value is -2.48. The van der Waals surface area contributed by atoms with E-state index in [0.717, 1.165) is 0 Å². The lowest BCUT2D eigenvalue weighted by atomic mass is 10.2. The van der Waals surface area contributed by atoms with E-state index in [2.05, 4.69) is 5.92 Å². The number of hydrogen-bond acceptors (Lipinski definition) is 3. The molecule has 0 aliphatic carbocycles. The molecule has 0 unspecified atom stereocenters. The molecule has 2 amide bonds. The lowest BCUT2D eigenvalue weighted by Gasteiger charge is -2.32. The normalized spacial score (nSPS) is 15.4. The average molecular weight is 258 g/mol. The highest BCUT2D eigenvalue weighted by molar-refractivity contribution is 6.41. The number of amides is 2. The maximum atomic E-state index is 12.0. The van der Waals surface area contributed by atoms with Gasteiger partial charge in [0.1, 0.15) is 5.75 Å². The number of nitrogens with zero attached hydrogens (tertiary/aromatic N) is 2. The Morgan fingerprint density at radius 2 is 1.89 bits per heavy atom. The predicted molar refractivity (Wildman–Crippen MR) is 70.8 cm³/mol. The van der Waals surface area contributed by atoms with Crippen molar-refractivity contribution >= 4 is 17.5 Å².